The summed E-state index contributed by atoms with van der Waals surface area (Å²) in [5.41, 5.74) is 1.75. The number of nitrogens with zero attached hydrogens (tertiary/aromatic N) is 2. The summed E-state index contributed by atoms with van der Waals surface area (Å²) in [5.74, 6) is -0.762. The van der Waals surface area contributed by atoms with Crippen LogP contribution in [0.4, 0.5) is 10.1 Å². The van der Waals surface area contributed by atoms with Crippen molar-refractivity contribution < 1.29 is 23.8 Å². The molecule has 3 heterocycles. The Kier molecular flexibility index (Phi) is 7.59. The third kappa shape index (κ3) is 5.96. The number of β-amino-alcohol motifs (C(OH)–C–C–N with tert-alkyl or cyclic N) is 1. The summed E-state index contributed by atoms with van der Waals surface area (Å²) in [6.07, 6.45) is 1.74. The molecule has 4 aromatic rings. The van der Waals surface area contributed by atoms with E-state index < -0.39 is 11.9 Å². The van der Waals surface area contributed by atoms with Crippen LogP contribution in [0, 0.1) is 5.82 Å². The number of aliphatic hydroxyl groups is 1. The number of thiocarbonyl (C=S) groups is 1. The van der Waals surface area contributed by atoms with Gasteiger partial charge in [0.25, 0.3) is 5.91 Å². The van der Waals surface area contributed by atoms with Gasteiger partial charge in [0, 0.05) is 37.1 Å². The third-order valence-electron chi connectivity index (χ3n) is 5.91. The average Bonchev–Trinajstić information content (AvgIpc) is 3.52. The van der Waals surface area contributed by atoms with Crippen molar-refractivity contribution in [2.75, 3.05) is 18.4 Å². The van der Waals surface area contributed by atoms with Crippen molar-refractivity contribution in [3.63, 3.8) is 0 Å². The second-order valence-corrected chi connectivity index (χ2v) is 10.2. The lowest BCUT2D eigenvalue weighted by Gasteiger charge is -2.13. The number of aromatic nitrogens is 1. The smallest absolute Gasteiger partial charge is 0.264 e. The van der Waals surface area contributed by atoms with Crippen LogP contribution in [0.5, 0.6) is 11.5 Å². The highest BCUT2D eigenvalue weighted by Gasteiger charge is 2.27. The first-order valence-corrected chi connectivity index (χ1v) is 13.1. The fraction of sp³-hybridized carbons (Fsp3) is 0.185. The highest BCUT2D eigenvalue weighted by molar-refractivity contribution is 7.80. The highest BCUT2D eigenvalue weighted by atomic mass is 32.1. The molecule has 2 amide bonds. The molecule has 0 aliphatic carbocycles. The topological polar surface area (TPSA) is 104 Å². The van der Waals surface area contributed by atoms with E-state index in [1.54, 1.807) is 23.1 Å². The maximum Gasteiger partial charge on any atom is 0.264 e. The number of likely N-dealkylation sites (tertiary alicyclic amines) is 1. The Balaban J connectivity index is 1.24. The first kappa shape index (κ1) is 25.7. The monoisotopic (exact) mass is 550 g/mol. The van der Waals surface area contributed by atoms with Crippen LogP contribution in [0.2, 0.25) is 0 Å². The van der Waals surface area contributed by atoms with E-state index in [4.69, 9.17) is 17.0 Å². The minimum absolute atomic E-state index is 0.0222. The number of pyridine rings is 1. The summed E-state index contributed by atoms with van der Waals surface area (Å²) < 4.78 is 21.4. The van der Waals surface area contributed by atoms with Gasteiger partial charge in [0.2, 0.25) is 5.91 Å². The Labute approximate surface area is 227 Å². The fourth-order valence-corrected chi connectivity index (χ4v) is 5.34. The fourth-order valence-electron chi connectivity index (χ4n) is 4.08. The van der Waals surface area contributed by atoms with Gasteiger partial charge in [0.15, 0.2) is 16.7 Å². The van der Waals surface area contributed by atoms with Crippen molar-refractivity contribution in [2.45, 2.75) is 18.9 Å². The normalized spacial score (nSPS) is 14.9. The molecule has 1 atom stereocenters. The minimum Gasteiger partial charge on any atom is -0.453 e. The van der Waals surface area contributed by atoms with Gasteiger partial charge in [-0.2, -0.15) is 0 Å². The number of thiophene rings is 1. The molecule has 1 saturated heterocycles. The van der Waals surface area contributed by atoms with E-state index in [0.717, 1.165) is 5.56 Å². The number of carbonyl (C=O) groups is 2. The van der Waals surface area contributed by atoms with Crippen molar-refractivity contribution in [3.8, 4) is 11.5 Å². The number of carbonyl (C=O) groups excluding carboxylic acids is 2. The summed E-state index contributed by atoms with van der Waals surface area (Å²) in [7, 11) is 0. The zero-order valence-corrected chi connectivity index (χ0v) is 21.7. The summed E-state index contributed by atoms with van der Waals surface area (Å²) >= 11 is 6.40. The van der Waals surface area contributed by atoms with Gasteiger partial charge in [0.1, 0.15) is 5.75 Å². The predicted molar refractivity (Wildman–Crippen MR) is 147 cm³/mol. The molecule has 0 spiro atoms. The zero-order valence-electron chi connectivity index (χ0n) is 20.0. The van der Waals surface area contributed by atoms with Gasteiger partial charge in [-0.1, -0.05) is 30.3 Å². The van der Waals surface area contributed by atoms with Crippen LogP contribution in [-0.2, 0) is 11.2 Å². The maximum atomic E-state index is 14.9. The number of aliphatic hydroxyl groups excluding tert-OH is 1. The van der Waals surface area contributed by atoms with E-state index in [2.05, 4.69) is 15.6 Å². The Morgan fingerprint density at radius 1 is 1.16 bits per heavy atom. The van der Waals surface area contributed by atoms with Crippen LogP contribution in [0.15, 0.2) is 66.9 Å². The molecule has 2 aromatic carbocycles. The van der Waals surface area contributed by atoms with E-state index in [1.807, 2.05) is 30.3 Å². The van der Waals surface area contributed by atoms with Crippen LogP contribution < -0.4 is 15.4 Å². The molecule has 3 N–H and O–H groups in total. The standard InChI is InChI=1S/C27H23FN4O4S2/c28-19-13-17(30-27(37)31-24(34)12-16-4-2-1-3-5-16)6-7-21(19)36-22-8-10-29-20-14-23(38-25(20)22)26(35)32-11-9-18(33)15-32/h1-8,10,13-14,18,33H,9,11-12,15H2,(H2,30,31,34,37). The number of anilines is 1. The number of amides is 2. The largest absolute Gasteiger partial charge is 0.453 e. The van der Waals surface area contributed by atoms with Crippen molar-refractivity contribution in [1.29, 1.82) is 0 Å². The summed E-state index contributed by atoms with van der Waals surface area (Å²) in [4.78, 5) is 31.4. The van der Waals surface area contributed by atoms with Gasteiger partial charge in [0.05, 0.1) is 27.6 Å². The zero-order chi connectivity index (χ0) is 26.6. The molecule has 0 radical (unpaired) electrons. The number of nitrogens with one attached hydrogen (secondary N) is 2. The molecule has 8 nitrogen and oxygen atoms in total. The van der Waals surface area contributed by atoms with Gasteiger partial charge in [-0.3, -0.25) is 14.6 Å². The molecule has 1 unspecified atom stereocenters. The van der Waals surface area contributed by atoms with Gasteiger partial charge < -0.3 is 25.4 Å². The van der Waals surface area contributed by atoms with Gasteiger partial charge in [-0.25, -0.2) is 4.39 Å². The van der Waals surface area contributed by atoms with Crippen molar-refractivity contribution >= 4 is 56.4 Å². The molecule has 1 fully saturated rings. The Morgan fingerprint density at radius 3 is 2.71 bits per heavy atom. The first-order valence-electron chi connectivity index (χ1n) is 11.8. The number of halogens is 1. The predicted octanol–water partition coefficient (Wildman–Crippen LogP) is 4.49. The van der Waals surface area contributed by atoms with Crippen molar-refractivity contribution in [2.24, 2.45) is 0 Å². The molecule has 38 heavy (non-hydrogen) atoms. The number of ether oxygens (including phenoxy) is 1. The van der Waals surface area contributed by atoms with E-state index >= 15 is 0 Å². The molecular formula is C27H23FN4O4S2. The molecule has 5 rings (SSSR count). The lowest BCUT2D eigenvalue weighted by Crippen LogP contribution is -2.35. The average molecular weight is 551 g/mol. The Hall–Kier alpha value is -3.93. The Morgan fingerprint density at radius 2 is 1.97 bits per heavy atom. The van der Waals surface area contributed by atoms with Crippen molar-refractivity contribution in [1.82, 2.24) is 15.2 Å². The number of benzene rings is 2. The van der Waals surface area contributed by atoms with Crippen LogP contribution in [-0.4, -0.2) is 51.1 Å². The molecule has 194 valence electrons. The van der Waals surface area contributed by atoms with Gasteiger partial charge in [-0.05, 0) is 42.4 Å². The van der Waals surface area contributed by atoms with Crippen molar-refractivity contribution in [3.05, 3.63) is 83.1 Å². The quantitative estimate of drug-likeness (QED) is 0.304. The number of hydrogen-bond acceptors (Lipinski definition) is 7. The van der Waals surface area contributed by atoms with Crippen LogP contribution in [0.3, 0.4) is 0 Å². The van der Waals surface area contributed by atoms with E-state index in [0.29, 0.717) is 46.0 Å². The second kappa shape index (κ2) is 11.2. The SMILES string of the molecule is O=C(Cc1ccccc1)NC(=S)Nc1ccc(Oc2ccnc3cc(C(=O)N4CCC(O)C4)sc23)c(F)c1. The van der Waals surface area contributed by atoms with Gasteiger partial charge in [-0.15, -0.1) is 11.3 Å². The number of hydrogen-bond donors (Lipinski definition) is 3. The molecule has 0 saturated carbocycles. The number of fused-ring (bicyclic) bond motifs is 1. The minimum atomic E-state index is -0.641. The van der Waals surface area contributed by atoms with Crippen LogP contribution in [0.1, 0.15) is 21.7 Å². The summed E-state index contributed by atoms with van der Waals surface area (Å²) in [6.45, 7) is 0.798. The highest BCUT2D eigenvalue weighted by Crippen LogP contribution is 2.36. The van der Waals surface area contributed by atoms with Gasteiger partial charge >= 0.3 is 0 Å². The van der Waals surface area contributed by atoms with E-state index in [9.17, 15) is 19.1 Å². The molecule has 0 bridgehead atoms. The molecule has 2 aromatic heterocycles. The maximum absolute atomic E-state index is 14.9. The summed E-state index contributed by atoms with van der Waals surface area (Å²) in [5, 5.41) is 15.2. The lowest BCUT2D eigenvalue weighted by molar-refractivity contribution is -0.119. The van der Waals surface area contributed by atoms with E-state index in [1.165, 1.54) is 29.7 Å². The molecule has 1 aliphatic heterocycles. The lowest BCUT2D eigenvalue weighted by atomic mass is 10.1. The molecule has 11 heteroatoms. The molecule has 1 aliphatic rings. The van der Waals surface area contributed by atoms with Crippen LogP contribution >= 0.6 is 23.6 Å². The molecular weight excluding hydrogens is 527 g/mol. The Bertz CT molecular complexity index is 1510. The number of rotatable bonds is 6. The summed E-state index contributed by atoms with van der Waals surface area (Å²) in [6, 6.07) is 16.8. The van der Waals surface area contributed by atoms with Crippen LogP contribution in [0.25, 0.3) is 10.2 Å². The third-order valence-corrected chi connectivity index (χ3v) is 7.24. The van der Waals surface area contributed by atoms with E-state index in [-0.39, 0.29) is 29.1 Å². The second-order valence-electron chi connectivity index (χ2n) is 8.74. The first-order chi connectivity index (χ1) is 18.4.